The number of carboxylic acid groups (broad SMARTS) is 1. The fourth-order valence-corrected chi connectivity index (χ4v) is 1.41. The summed E-state index contributed by atoms with van der Waals surface area (Å²) in [5.41, 5.74) is 1.20. The van der Waals surface area contributed by atoms with Gasteiger partial charge in [-0.25, -0.2) is 4.79 Å². The van der Waals surface area contributed by atoms with E-state index in [1.165, 1.54) is 12.5 Å². The van der Waals surface area contributed by atoms with Gasteiger partial charge in [0.1, 0.15) is 5.75 Å². The first-order chi connectivity index (χ1) is 8.02. The zero-order chi connectivity index (χ0) is 12.8. The number of benzene rings is 1. The summed E-state index contributed by atoms with van der Waals surface area (Å²) in [4.78, 5) is 10.6. The Morgan fingerprint density at radius 1 is 1.35 bits per heavy atom. The van der Waals surface area contributed by atoms with Gasteiger partial charge in [0, 0.05) is 6.04 Å². The van der Waals surface area contributed by atoms with Crippen LogP contribution in [0.25, 0.3) is 0 Å². The minimum Gasteiger partial charge on any atom is -0.479 e. The number of hydrogen-bond acceptors (Lipinski definition) is 3. The van der Waals surface area contributed by atoms with Crippen molar-refractivity contribution >= 4 is 5.97 Å². The van der Waals surface area contributed by atoms with Crippen LogP contribution in [-0.2, 0) is 11.2 Å². The highest BCUT2D eigenvalue weighted by Crippen LogP contribution is 2.15. The molecule has 0 spiro atoms. The lowest BCUT2D eigenvalue weighted by Gasteiger charge is -2.12. The molecule has 17 heavy (non-hydrogen) atoms. The van der Waals surface area contributed by atoms with E-state index >= 15 is 0 Å². The highest BCUT2D eigenvalue weighted by Gasteiger charge is 2.12. The van der Waals surface area contributed by atoms with E-state index in [0.29, 0.717) is 11.8 Å². The molecular formula is C13H19NO3. The number of ether oxygens (including phenoxy) is 1. The molecule has 2 unspecified atom stereocenters. The Bertz CT molecular complexity index is 361. The number of likely N-dealkylation sites (N-methyl/N-ethyl adjacent to an activating group) is 1. The molecule has 0 saturated heterocycles. The van der Waals surface area contributed by atoms with E-state index in [-0.39, 0.29) is 0 Å². The molecule has 4 heteroatoms. The molecule has 0 heterocycles. The summed E-state index contributed by atoms with van der Waals surface area (Å²) in [5, 5.41) is 11.9. The molecule has 0 aliphatic rings. The van der Waals surface area contributed by atoms with Gasteiger partial charge in [-0.3, -0.25) is 0 Å². The number of hydrogen-bond donors (Lipinski definition) is 2. The van der Waals surface area contributed by atoms with E-state index in [4.69, 9.17) is 9.84 Å². The fourth-order valence-electron chi connectivity index (χ4n) is 1.41. The topological polar surface area (TPSA) is 58.6 Å². The molecular weight excluding hydrogens is 218 g/mol. The standard InChI is InChI=1S/C13H19NO3/c1-9(14-3)8-11-4-6-12(7-5-11)17-10(2)13(15)16/h4-7,9-10,14H,8H2,1-3H3,(H,15,16). The zero-order valence-electron chi connectivity index (χ0n) is 10.4. The van der Waals surface area contributed by atoms with Gasteiger partial charge in [-0.2, -0.15) is 0 Å². The molecule has 1 rings (SSSR count). The first-order valence-corrected chi connectivity index (χ1v) is 5.68. The van der Waals surface area contributed by atoms with Crippen molar-refractivity contribution in [3.05, 3.63) is 29.8 Å². The largest absolute Gasteiger partial charge is 0.479 e. The normalized spacial score (nSPS) is 14.1. The number of carboxylic acids is 1. The summed E-state index contributed by atoms with van der Waals surface area (Å²) in [5.74, 6) is -0.376. The molecule has 0 radical (unpaired) electrons. The first-order valence-electron chi connectivity index (χ1n) is 5.68. The summed E-state index contributed by atoms with van der Waals surface area (Å²) < 4.78 is 5.25. The third-order valence-electron chi connectivity index (χ3n) is 2.62. The quantitative estimate of drug-likeness (QED) is 0.790. The smallest absolute Gasteiger partial charge is 0.344 e. The van der Waals surface area contributed by atoms with E-state index in [0.717, 1.165) is 6.42 Å². The average molecular weight is 237 g/mol. The van der Waals surface area contributed by atoms with Crippen LogP contribution < -0.4 is 10.1 Å². The van der Waals surface area contributed by atoms with Crippen LogP contribution in [-0.4, -0.2) is 30.3 Å². The molecule has 0 bridgehead atoms. The third kappa shape index (κ3) is 4.44. The maximum Gasteiger partial charge on any atom is 0.344 e. The number of carbonyl (C=O) groups is 1. The second-order valence-corrected chi connectivity index (χ2v) is 4.14. The molecule has 0 fully saturated rings. The van der Waals surface area contributed by atoms with Crippen LogP contribution in [0.15, 0.2) is 24.3 Å². The SMILES string of the molecule is CNC(C)Cc1ccc(OC(C)C(=O)O)cc1. The van der Waals surface area contributed by atoms with Gasteiger partial charge in [-0.1, -0.05) is 12.1 Å². The van der Waals surface area contributed by atoms with Crippen molar-refractivity contribution in [1.29, 1.82) is 0 Å². The molecule has 1 aromatic carbocycles. The average Bonchev–Trinajstić information content (AvgIpc) is 2.31. The fraction of sp³-hybridized carbons (Fsp3) is 0.462. The van der Waals surface area contributed by atoms with E-state index in [1.807, 2.05) is 19.2 Å². The van der Waals surface area contributed by atoms with Crippen molar-refractivity contribution < 1.29 is 14.6 Å². The van der Waals surface area contributed by atoms with Crippen molar-refractivity contribution in [3.8, 4) is 5.75 Å². The maximum absolute atomic E-state index is 10.6. The lowest BCUT2D eigenvalue weighted by atomic mass is 10.1. The summed E-state index contributed by atoms with van der Waals surface area (Å²) in [6.45, 7) is 3.62. The van der Waals surface area contributed by atoms with Gasteiger partial charge in [0.25, 0.3) is 0 Å². The second kappa shape index (κ2) is 6.25. The molecule has 0 aromatic heterocycles. The van der Waals surface area contributed by atoms with Crippen molar-refractivity contribution in [2.45, 2.75) is 32.4 Å². The van der Waals surface area contributed by atoms with E-state index in [9.17, 15) is 4.79 Å². The maximum atomic E-state index is 10.6. The van der Waals surface area contributed by atoms with Gasteiger partial charge in [0.2, 0.25) is 0 Å². The summed E-state index contributed by atoms with van der Waals surface area (Å²) in [6, 6.07) is 7.93. The van der Waals surface area contributed by atoms with Crippen molar-refractivity contribution in [2.75, 3.05) is 7.05 Å². The Morgan fingerprint density at radius 3 is 2.41 bits per heavy atom. The summed E-state index contributed by atoms with van der Waals surface area (Å²) in [7, 11) is 1.93. The van der Waals surface area contributed by atoms with Gasteiger partial charge < -0.3 is 15.2 Å². The first kappa shape index (κ1) is 13.5. The molecule has 0 saturated carbocycles. The van der Waals surface area contributed by atoms with Crippen LogP contribution in [0, 0.1) is 0 Å². The third-order valence-corrected chi connectivity index (χ3v) is 2.62. The molecule has 4 nitrogen and oxygen atoms in total. The number of aliphatic carboxylic acids is 1. The van der Waals surface area contributed by atoms with Crippen LogP contribution in [0.1, 0.15) is 19.4 Å². The Kier molecular flexibility index (Phi) is 4.97. The van der Waals surface area contributed by atoms with Crippen LogP contribution in [0.4, 0.5) is 0 Å². The number of nitrogens with one attached hydrogen (secondary N) is 1. The molecule has 0 amide bonds. The molecule has 2 N–H and O–H groups in total. The molecule has 0 aliphatic carbocycles. The Labute approximate surface area is 102 Å². The lowest BCUT2D eigenvalue weighted by Crippen LogP contribution is -2.24. The lowest BCUT2D eigenvalue weighted by molar-refractivity contribution is -0.144. The number of rotatable bonds is 6. The van der Waals surface area contributed by atoms with E-state index in [2.05, 4.69) is 12.2 Å². The second-order valence-electron chi connectivity index (χ2n) is 4.14. The Balaban J connectivity index is 2.58. The molecule has 2 atom stereocenters. The monoisotopic (exact) mass is 237 g/mol. The minimum atomic E-state index is -0.960. The van der Waals surface area contributed by atoms with Crippen molar-refractivity contribution in [1.82, 2.24) is 5.32 Å². The highest BCUT2D eigenvalue weighted by molar-refractivity contribution is 5.72. The zero-order valence-corrected chi connectivity index (χ0v) is 10.4. The molecule has 94 valence electrons. The summed E-state index contributed by atoms with van der Waals surface area (Å²) in [6.07, 6.45) is 0.114. The van der Waals surface area contributed by atoms with Crippen LogP contribution in [0.2, 0.25) is 0 Å². The van der Waals surface area contributed by atoms with E-state index < -0.39 is 12.1 Å². The molecule has 0 aliphatic heterocycles. The van der Waals surface area contributed by atoms with Crippen molar-refractivity contribution in [2.24, 2.45) is 0 Å². The predicted molar refractivity (Wildman–Crippen MR) is 66.4 cm³/mol. The van der Waals surface area contributed by atoms with Crippen molar-refractivity contribution in [3.63, 3.8) is 0 Å². The Morgan fingerprint density at radius 2 is 1.94 bits per heavy atom. The Hall–Kier alpha value is -1.55. The van der Waals surface area contributed by atoms with Crippen LogP contribution >= 0.6 is 0 Å². The van der Waals surface area contributed by atoms with Gasteiger partial charge >= 0.3 is 5.97 Å². The minimum absolute atomic E-state index is 0.416. The van der Waals surface area contributed by atoms with Gasteiger partial charge in [-0.05, 0) is 45.0 Å². The molecule has 1 aromatic rings. The van der Waals surface area contributed by atoms with E-state index in [1.54, 1.807) is 12.1 Å². The van der Waals surface area contributed by atoms with Gasteiger partial charge in [0.15, 0.2) is 6.10 Å². The van der Waals surface area contributed by atoms with Gasteiger partial charge in [-0.15, -0.1) is 0 Å². The summed E-state index contributed by atoms with van der Waals surface area (Å²) >= 11 is 0. The van der Waals surface area contributed by atoms with Gasteiger partial charge in [0.05, 0.1) is 0 Å². The highest BCUT2D eigenvalue weighted by atomic mass is 16.5. The van der Waals surface area contributed by atoms with Crippen LogP contribution in [0.3, 0.4) is 0 Å². The van der Waals surface area contributed by atoms with Crippen LogP contribution in [0.5, 0.6) is 5.75 Å². The predicted octanol–water partition coefficient (Wildman–Crippen LogP) is 1.69.